The van der Waals surface area contributed by atoms with Crippen molar-refractivity contribution in [3.8, 4) is 0 Å². The third-order valence-electron chi connectivity index (χ3n) is 3.54. The molecule has 102 valence electrons. The summed E-state index contributed by atoms with van der Waals surface area (Å²) in [5.41, 5.74) is 7.91. The van der Waals surface area contributed by atoms with E-state index < -0.39 is 0 Å². The molecule has 5 heteroatoms. The molecule has 0 aliphatic heterocycles. The summed E-state index contributed by atoms with van der Waals surface area (Å²) >= 11 is 13.0. The number of rotatable bonds is 2. The Morgan fingerprint density at radius 1 is 1.11 bits per heavy atom. The van der Waals surface area contributed by atoms with Crippen molar-refractivity contribution >= 4 is 50.2 Å². The highest BCUT2D eigenvalue weighted by Gasteiger charge is 2.19. The number of nitrogens with two attached hydrogens (primary N) is 1. The van der Waals surface area contributed by atoms with Gasteiger partial charge < -0.3 is 5.73 Å². The van der Waals surface area contributed by atoms with Crippen LogP contribution >= 0.6 is 50.2 Å². The Balaban J connectivity index is 1.89. The lowest BCUT2D eigenvalue weighted by atomic mass is 10.1. The lowest BCUT2D eigenvalue weighted by Crippen LogP contribution is -2.08. The average Bonchev–Trinajstić information content (AvgIpc) is 2.87. The molecule has 0 radical (unpaired) electrons. The highest BCUT2D eigenvalue weighted by atomic mass is 79.9. The van der Waals surface area contributed by atoms with Crippen molar-refractivity contribution in [2.24, 2.45) is 5.73 Å². The maximum absolute atomic E-state index is 6.39. The van der Waals surface area contributed by atoms with Gasteiger partial charge in [0.05, 0.1) is 6.04 Å². The molecule has 2 N–H and O–H groups in total. The van der Waals surface area contributed by atoms with E-state index in [1.54, 1.807) is 16.2 Å². The molecule has 2 heterocycles. The third-order valence-corrected chi connectivity index (χ3v) is 7.42. The second kappa shape index (κ2) is 5.86. The summed E-state index contributed by atoms with van der Waals surface area (Å²) in [7, 11) is 0. The van der Waals surface area contributed by atoms with E-state index in [2.05, 4.69) is 22.0 Å². The third kappa shape index (κ3) is 2.93. The maximum atomic E-state index is 6.39. The molecule has 3 rings (SSSR count). The fraction of sp³-hybridized carbons (Fsp3) is 0.429. The van der Waals surface area contributed by atoms with E-state index in [4.69, 9.17) is 17.3 Å². The minimum Gasteiger partial charge on any atom is -0.319 e. The summed E-state index contributed by atoms with van der Waals surface area (Å²) in [4.78, 5) is 3.95. The van der Waals surface area contributed by atoms with Crippen molar-refractivity contribution in [3.63, 3.8) is 0 Å². The fourth-order valence-electron chi connectivity index (χ4n) is 2.50. The first kappa shape index (κ1) is 14.1. The highest BCUT2D eigenvalue weighted by Crippen LogP contribution is 2.39. The summed E-state index contributed by atoms with van der Waals surface area (Å²) < 4.78 is 1.73. The molecule has 0 amide bonds. The van der Waals surface area contributed by atoms with Crippen LogP contribution in [0.25, 0.3) is 0 Å². The molecule has 1 aliphatic carbocycles. The predicted octanol–water partition coefficient (Wildman–Crippen LogP) is 5.54. The number of thiophene rings is 2. The Labute approximate surface area is 134 Å². The first-order chi connectivity index (χ1) is 9.15. The fourth-order valence-corrected chi connectivity index (χ4v) is 5.61. The molecule has 2 aromatic rings. The van der Waals surface area contributed by atoms with Gasteiger partial charge in [0.15, 0.2) is 0 Å². The Bertz CT molecular complexity index is 547. The zero-order chi connectivity index (χ0) is 13.4. The van der Waals surface area contributed by atoms with Gasteiger partial charge in [-0.25, -0.2) is 0 Å². The monoisotopic (exact) mass is 375 g/mol. The van der Waals surface area contributed by atoms with Crippen LogP contribution in [-0.4, -0.2) is 0 Å². The van der Waals surface area contributed by atoms with E-state index in [9.17, 15) is 0 Å². The van der Waals surface area contributed by atoms with E-state index in [0.29, 0.717) is 0 Å². The van der Waals surface area contributed by atoms with E-state index in [1.165, 1.54) is 42.5 Å². The average molecular weight is 377 g/mol. The normalized spacial score (nSPS) is 17.0. The molecule has 1 unspecified atom stereocenters. The zero-order valence-electron chi connectivity index (χ0n) is 10.4. The van der Waals surface area contributed by atoms with Crippen LogP contribution in [0.1, 0.15) is 45.5 Å². The lowest BCUT2D eigenvalue weighted by molar-refractivity contribution is 0.712. The maximum Gasteiger partial charge on any atom is 0.107 e. The number of aryl methyl sites for hydroxylation is 2. The van der Waals surface area contributed by atoms with Crippen molar-refractivity contribution < 1.29 is 0 Å². The SMILES string of the molecule is NC(c1cc(Br)c(Cl)s1)c1cc2c(s1)CCCCC2. The van der Waals surface area contributed by atoms with E-state index in [1.807, 2.05) is 17.4 Å². The molecular formula is C14H15BrClNS2. The van der Waals surface area contributed by atoms with Gasteiger partial charge in [0.1, 0.15) is 4.34 Å². The van der Waals surface area contributed by atoms with Crippen LogP contribution in [0.15, 0.2) is 16.6 Å². The van der Waals surface area contributed by atoms with Gasteiger partial charge in [0.25, 0.3) is 0 Å². The number of halogens is 2. The Morgan fingerprint density at radius 3 is 2.58 bits per heavy atom. The van der Waals surface area contributed by atoms with Crippen molar-refractivity contribution in [2.45, 2.75) is 38.1 Å². The predicted molar refractivity (Wildman–Crippen MR) is 88.6 cm³/mol. The van der Waals surface area contributed by atoms with Gasteiger partial charge >= 0.3 is 0 Å². The summed E-state index contributed by atoms with van der Waals surface area (Å²) in [6.07, 6.45) is 6.43. The van der Waals surface area contributed by atoms with Gasteiger partial charge in [-0.1, -0.05) is 18.0 Å². The first-order valence-corrected chi connectivity index (χ1v) is 9.27. The van der Waals surface area contributed by atoms with Crippen LogP contribution in [0.3, 0.4) is 0 Å². The molecule has 0 bridgehead atoms. The van der Waals surface area contributed by atoms with Crippen LogP contribution < -0.4 is 5.73 Å². The minimum atomic E-state index is -0.0364. The van der Waals surface area contributed by atoms with Gasteiger partial charge in [-0.3, -0.25) is 0 Å². The quantitative estimate of drug-likeness (QED) is 0.684. The Hall–Kier alpha value is 0.130. The number of fused-ring (bicyclic) bond motifs is 1. The standard InChI is InChI=1S/C14H15BrClNS2/c15-9-7-12(19-14(9)16)13(17)11-6-8-4-2-1-3-5-10(8)18-11/h6-7,13H,1-5,17H2. The molecular weight excluding hydrogens is 362 g/mol. The van der Waals surface area contributed by atoms with Gasteiger partial charge in [-0.05, 0) is 59.3 Å². The molecule has 0 saturated heterocycles. The van der Waals surface area contributed by atoms with Gasteiger partial charge in [-0.2, -0.15) is 0 Å². The Morgan fingerprint density at radius 2 is 1.84 bits per heavy atom. The second-order valence-electron chi connectivity index (χ2n) is 4.91. The summed E-state index contributed by atoms with van der Waals surface area (Å²) in [6, 6.07) is 4.32. The van der Waals surface area contributed by atoms with Gasteiger partial charge in [0, 0.05) is 19.1 Å². The molecule has 1 aliphatic rings. The van der Waals surface area contributed by atoms with Crippen LogP contribution in [0.2, 0.25) is 4.34 Å². The molecule has 0 spiro atoms. The number of hydrogen-bond donors (Lipinski definition) is 1. The van der Waals surface area contributed by atoms with Crippen molar-refractivity contribution in [1.82, 2.24) is 0 Å². The minimum absolute atomic E-state index is 0.0364. The molecule has 1 nitrogen and oxygen atoms in total. The summed E-state index contributed by atoms with van der Waals surface area (Å²) in [5.74, 6) is 0. The molecule has 2 aromatic heterocycles. The highest BCUT2D eigenvalue weighted by molar-refractivity contribution is 9.10. The first-order valence-electron chi connectivity index (χ1n) is 6.47. The van der Waals surface area contributed by atoms with E-state index in [-0.39, 0.29) is 6.04 Å². The smallest absolute Gasteiger partial charge is 0.107 e. The Kier molecular flexibility index (Phi) is 4.34. The zero-order valence-corrected chi connectivity index (χ0v) is 14.4. The van der Waals surface area contributed by atoms with E-state index >= 15 is 0 Å². The van der Waals surface area contributed by atoms with Gasteiger partial charge in [0.2, 0.25) is 0 Å². The number of hydrogen-bond acceptors (Lipinski definition) is 3. The second-order valence-corrected chi connectivity index (χ2v) is 8.61. The summed E-state index contributed by atoms with van der Waals surface area (Å²) in [5, 5.41) is 0. The van der Waals surface area contributed by atoms with Crippen LogP contribution in [-0.2, 0) is 12.8 Å². The summed E-state index contributed by atoms with van der Waals surface area (Å²) in [6.45, 7) is 0. The van der Waals surface area contributed by atoms with E-state index in [0.717, 1.165) is 13.7 Å². The van der Waals surface area contributed by atoms with Crippen LogP contribution in [0.4, 0.5) is 0 Å². The van der Waals surface area contributed by atoms with Gasteiger partial charge in [-0.15, -0.1) is 22.7 Å². The topological polar surface area (TPSA) is 26.0 Å². The van der Waals surface area contributed by atoms with Crippen molar-refractivity contribution in [3.05, 3.63) is 41.1 Å². The molecule has 0 aromatic carbocycles. The van der Waals surface area contributed by atoms with Crippen molar-refractivity contribution in [1.29, 1.82) is 0 Å². The lowest BCUT2D eigenvalue weighted by Gasteiger charge is -2.06. The van der Waals surface area contributed by atoms with Crippen LogP contribution in [0.5, 0.6) is 0 Å². The molecule has 0 fully saturated rings. The molecule has 0 saturated carbocycles. The van der Waals surface area contributed by atoms with Crippen LogP contribution in [0, 0.1) is 0 Å². The van der Waals surface area contributed by atoms with Crippen molar-refractivity contribution in [2.75, 3.05) is 0 Å². The molecule has 19 heavy (non-hydrogen) atoms. The molecule has 1 atom stereocenters. The largest absolute Gasteiger partial charge is 0.319 e.